The quantitative estimate of drug-likeness (QED) is 0.654. The summed E-state index contributed by atoms with van der Waals surface area (Å²) in [6.07, 6.45) is 8.61. The lowest BCUT2D eigenvalue weighted by Gasteiger charge is -2.44. The molecule has 0 aliphatic heterocycles. The predicted octanol–water partition coefficient (Wildman–Crippen LogP) is 4.81. The van der Waals surface area contributed by atoms with Crippen LogP contribution in [0.3, 0.4) is 0 Å². The number of aliphatic hydroxyl groups is 1. The molecule has 24 heavy (non-hydrogen) atoms. The molecule has 3 atom stereocenters. The molecule has 140 valence electrons. The van der Waals surface area contributed by atoms with Gasteiger partial charge in [0.1, 0.15) is 5.60 Å². The van der Waals surface area contributed by atoms with E-state index in [0.29, 0.717) is 6.42 Å². The minimum absolute atomic E-state index is 0.213. The Labute approximate surface area is 148 Å². The van der Waals surface area contributed by atoms with Gasteiger partial charge in [0.25, 0.3) is 0 Å². The van der Waals surface area contributed by atoms with Gasteiger partial charge in [-0.05, 0) is 65.2 Å². The number of ether oxygens (including phenoxy) is 1. The van der Waals surface area contributed by atoms with E-state index in [-0.39, 0.29) is 17.9 Å². The topological polar surface area (TPSA) is 58.6 Å². The summed E-state index contributed by atoms with van der Waals surface area (Å²) in [7, 11) is 0. The van der Waals surface area contributed by atoms with Crippen LogP contribution in [0.5, 0.6) is 0 Å². The highest BCUT2D eigenvalue weighted by atomic mass is 16.6. The molecule has 0 saturated heterocycles. The molecule has 1 aliphatic carbocycles. The molecular weight excluding hydrogens is 302 g/mol. The Morgan fingerprint density at radius 2 is 1.92 bits per heavy atom. The maximum Gasteiger partial charge on any atom is 0.407 e. The van der Waals surface area contributed by atoms with E-state index in [9.17, 15) is 9.90 Å². The smallest absolute Gasteiger partial charge is 0.407 e. The van der Waals surface area contributed by atoms with Crippen molar-refractivity contribution in [2.45, 2.75) is 96.8 Å². The predicted molar refractivity (Wildman–Crippen MR) is 99.0 cm³/mol. The first-order valence-electron chi connectivity index (χ1n) is 9.46. The lowest BCUT2D eigenvalue weighted by Crippen LogP contribution is -2.57. The van der Waals surface area contributed by atoms with Crippen molar-refractivity contribution in [1.82, 2.24) is 5.32 Å². The van der Waals surface area contributed by atoms with Gasteiger partial charge in [0.15, 0.2) is 0 Å². The van der Waals surface area contributed by atoms with Gasteiger partial charge in [0.2, 0.25) is 0 Å². The van der Waals surface area contributed by atoms with Gasteiger partial charge < -0.3 is 15.2 Å². The number of amides is 1. The van der Waals surface area contributed by atoms with Crippen LogP contribution in [0.15, 0.2) is 12.7 Å². The van der Waals surface area contributed by atoms with Gasteiger partial charge in [-0.2, -0.15) is 0 Å². The lowest BCUT2D eigenvalue weighted by molar-refractivity contribution is -0.0738. The van der Waals surface area contributed by atoms with Crippen LogP contribution in [0.1, 0.15) is 79.6 Å². The third-order valence-corrected chi connectivity index (χ3v) is 5.24. The second-order valence-corrected chi connectivity index (χ2v) is 8.30. The van der Waals surface area contributed by atoms with E-state index in [1.165, 1.54) is 6.42 Å². The molecule has 4 heteroatoms. The molecule has 2 N–H and O–H groups in total. The summed E-state index contributed by atoms with van der Waals surface area (Å²) in [5.74, 6) is 0.463. The minimum Gasteiger partial charge on any atom is -0.444 e. The molecule has 1 unspecified atom stereocenters. The molecule has 1 amide bonds. The van der Waals surface area contributed by atoms with E-state index >= 15 is 0 Å². The molecule has 1 fully saturated rings. The number of carbonyl (C=O) groups is 1. The van der Waals surface area contributed by atoms with E-state index in [1.54, 1.807) is 0 Å². The number of hydrogen-bond donors (Lipinski definition) is 2. The third-order valence-electron chi connectivity index (χ3n) is 5.24. The van der Waals surface area contributed by atoms with Crippen molar-refractivity contribution in [2.75, 3.05) is 0 Å². The summed E-state index contributed by atoms with van der Waals surface area (Å²) in [4.78, 5) is 12.2. The summed E-state index contributed by atoms with van der Waals surface area (Å²) in [5.41, 5.74) is -1.47. The molecular formula is C20H37NO3. The largest absolute Gasteiger partial charge is 0.444 e. The molecule has 1 saturated carbocycles. The average molecular weight is 340 g/mol. The molecule has 0 aromatic carbocycles. The Morgan fingerprint density at radius 3 is 2.38 bits per heavy atom. The number of hydrogen-bond acceptors (Lipinski definition) is 3. The van der Waals surface area contributed by atoms with Crippen LogP contribution in [0, 0.1) is 11.8 Å². The minimum atomic E-state index is -0.924. The molecule has 1 rings (SSSR count). The van der Waals surface area contributed by atoms with Crippen molar-refractivity contribution < 1.29 is 14.6 Å². The zero-order chi connectivity index (χ0) is 18.4. The fourth-order valence-electron chi connectivity index (χ4n) is 3.72. The van der Waals surface area contributed by atoms with Gasteiger partial charge >= 0.3 is 6.09 Å². The summed E-state index contributed by atoms with van der Waals surface area (Å²) in [5, 5.41) is 14.4. The first kappa shape index (κ1) is 21.0. The molecule has 0 heterocycles. The maximum atomic E-state index is 12.2. The van der Waals surface area contributed by atoms with Gasteiger partial charge in [0, 0.05) is 0 Å². The van der Waals surface area contributed by atoms with Crippen LogP contribution in [-0.2, 0) is 4.74 Å². The Morgan fingerprint density at radius 1 is 1.33 bits per heavy atom. The SMILES string of the molecule is C=CC(CC)C[C@](O)(C1CCCCC1)[C@H](C)NC(=O)OC(C)(C)C. The Hall–Kier alpha value is -1.03. The van der Waals surface area contributed by atoms with Crippen LogP contribution in [-0.4, -0.2) is 28.4 Å². The van der Waals surface area contributed by atoms with Crippen molar-refractivity contribution in [2.24, 2.45) is 11.8 Å². The Balaban J connectivity index is 2.89. The summed E-state index contributed by atoms with van der Waals surface area (Å²) >= 11 is 0. The highest BCUT2D eigenvalue weighted by Crippen LogP contribution is 2.39. The summed E-state index contributed by atoms with van der Waals surface area (Å²) in [6, 6.07) is -0.357. The normalized spacial score (nSPS) is 21.4. The second kappa shape index (κ2) is 8.89. The fraction of sp³-hybridized carbons (Fsp3) is 0.850. The van der Waals surface area contributed by atoms with E-state index < -0.39 is 17.3 Å². The van der Waals surface area contributed by atoms with E-state index in [1.807, 2.05) is 33.8 Å². The number of carbonyl (C=O) groups excluding carboxylic acids is 1. The van der Waals surface area contributed by atoms with Crippen LogP contribution >= 0.6 is 0 Å². The number of alkyl carbamates (subject to hydrolysis) is 1. The lowest BCUT2D eigenvalue weighted by atomic mass is 9.69. The van der Waals surface area contributed by atoms with Crippen molar-refractivity contribution >= 4 is 6.09 Å². The van der Waals surface area contributed by atoms with Crippen LogP contribution in [0.25, 0.3) is 0 Å². The van der Waals surface area contributed by atoms with E-state index in [2.05, 4.69) is 18.8 Å². The molecule has 0 aromatic rings. The number of allylic oxidation sites excluding steroid dienone is 1. The van der Waals surface area contributed by atoms with Gasteiger partial charge in [-0.1, -0.05) is 32.3 Å². The second-order valence-electron chi connectivity index (χ2n) is 8.30. The zero-order valence-corrected chi connectivity index (χ0v) is 16.2. The standard InChI is InChI=1S/C20H37NO3/c1-7-16(8-2)14-20(23,17-12-10-9-11-13-17)15(3)21-18(22)24-19(4,5)6/h7,15-17,23H,1,8-14H2,2-6H3,(H,21,22)/t15-,16?,20+/m0/s1. The average Bonchev–Trinajstić information content (AvgIpc) is 2.51. The molecule has 0 radical (unpaired) electrons. The third kappa shape index (κ3) is 6.12. The van der Waals surface area contributed by atoms with Crippen molar-refractivity contribution in [3.8, 4) is 0 Å². The van der Waals surface area contributed by atoms with E-state index in [0.717, 1.165) is 32.1 Å². The monoisotopic (exact) mass is 339 g/mol. The van der Waals surface area contributed by atoms with Crippen LogP contribution in [0.2, 0.25) is 0 Å². The Kier molecular flexibility index (Phi) is 7.78. The fourth-order valence-corrected chi connectivity index (χ4v) is 3.72. The van der Waals surface area contributed by atoms with Crippen molar-refractivity contribution in [3.05, 3.63) is 12.7 Å². The van der Waals surface area contributed by atoms with E-state index in [4.69, 9.17) is 4.74 Å². The molecule has 0 spiro atoms. The highest BCUT2D eigenvalue weighted by molar-refractivity contribution is 5.68. The maximum absolute atomic E-state index is 12.2. The summed E-state index contributed by atoms with van der Waals surface area (Å²) < 4.78 is 5.37. The molecule has 0 aromatic heterocycles. The molecule has 1 aliphatic rings. The van der Waals surface area contributed by atoms with Gasteiger partial charge in [-0.25, -0.2) is 4.79 Å². The first-order chi connectivity index (χ1) is 11.1. The highest BCUT2D eigenvalue weighted by Gasteiger charge is 2.43. The molecule has 4 nitrogen and oxygen atoms in total. The van der Waals surface area contributed by atoms with Crippen molar-refractivity contribution in [3.63, 3.8) is 0 Å². The van der Waals surface area contributed by atoms with Gasteiger partial charge in [-0.3, -0.25) is 0 Å². The molecule has 0 bridgehead atoms. The summed E-state index contributed by atoms with van der Waals surface area (Å²) in [6.45, 7) is 13.4. The van der Waals surface area contributed by atoms with Gasteiger partial charge in [0.05, 0.1) is 11.6 Å². The Bertz CT molecular complexity index is 410. The van der Waals surface area contributed by atoms with Gasteiger partial charge in [-0.15, -0.1) is 6.58 Å². The zero-order valence-electron chi connectivity index (χ0n) is 16.2. The van der Waals surface area contributed by atoms with Crippen molar-refractivity contribution in [1.29, 1.82) is 0 Å². The van der Waals surface area contributed by atoms with Crippen LogP contribution in [0.4, 0.5) is 4.79 Å². The number of nitrogens with one attached hydrogen (secondary N) is 1. The van der Waals surface area contributed by atoms with Crippen LogP contribution < -0.4 is 5.32 Å². The first-order valence-corrected chi connectivity index (χ1v) is 9.46. The number of rotatable bonds is 7.